The summed E-state index contributed by atoms with van der Waals surface area (Å²) in [5.41, 5.74) is 1.14. The summed E-state index contributed by atoms with van der Waals surface area (Å²) >= 11 is 12.2. The first-order chi connectivity index (χ1) is 7.97. The topological polar surface area (TPSA) is 12.0 Å². The number of hydrogen-bond donors (Lipinski definition) is 1. The Morgan fingerprint density at radius 1 is 1.18 bits per heavy atom. The number of halogens is 2. The summed E-state index contributed by atoms with van der Waals surface area (Å²) in [5.74, 6) is 1.12. The average molecular weight is 274 g/mol. The maximum Gasteiger partial charge on any atom is 0.0468 e. The summed E-state index contributed by atoms with van der Waals surface area (Å²) in [6.45, 7) is 9.77. The Morgan fingerprint density at radius 3 is 2.29 bits per heavy atom. The van der Waals surface area contributed by atoms with Gasteiger partial charge in [-0.2, -0.15) is 0 Å². The van der Waals surface area contributed by atoms with Crippen molar-refractivity contribution in [2.75, 3.05) is 6.54 Å². The minimum atomic E-state index is 0.282. The van der Waals surface area contributed by atoms with Crippen LogP contribution < -0.4 is 5.32 Å². The molecule has 0 aliphatic rings. The molecule has 0 saturated carbocycles. The molecule has 1 nitrogen and oxygen atoms in total. The monoisotopic (exact) mass is 273 g/mol. The fourth-order valence-corrected chi connectivity index (χ4v) is 2.46. The van der Waals surface area contributed by atoms with Gasteiger partial charge in [0.05, 0.1) is 0 Å². The first-order valence-corrected chi connectivity index (χ1v) is 6.91. The molecule has 0 amide bonds. The highest BCUT2D eigenvalue weighted by molar-refractivity contribution is 6.35. The first kappa shape index (κ1) is 14.8. The number of nitrogens with one attached hydrogen (secondary N) is 1. The molecule has 0 aliphatic heterocycles. The summed E-state index contributed by atoms with van der Waals surface area (Å²) in [7, 11) is 0. The van der Waals surface area contributed by atoms with Crippen molar-refractivity contribution in [3.8, 4) is 0 Å². The quantitative estimate of drug-likeness (QED) is 0.802. The van der Waals surface area contributed by atoms with Gasteiger partial charge in [0.1, 0.15) is 0 Å². The molecule has 3 heteroatoms. The van der Waals surface area contributed by atoms with Gasteiger partial charge < -0.3 is 5.32 Å². The van der Waals surface area contributed by atoms with E-state index in [1.807, 2.05) is 18.2 Å². The average Bonchev–Trinajstić information content (AvgIpc) is 2.26. The van der Waals surface area contributed by atoms with E-state index in [0.29, 0.717) is 16.9 Å². The molecule has 0 fully saturated rings. The molecule has 0 aromatic heterocycles. The van der Waals surface area contributed by atoms with Crippen molar-refractivity contribution in [1.29, 1.82) is 0 Å². The normalized spacial score (nSPS) is 15.0. The van der Waals surface area contributed by atoms with Crippen molar-refractivity contribution in [1.82, 2.24) is 5.32 Å². The zero-order valence-corrected chi connectivity index (χ0v) is 12.4. The fourth-order valence-electron chi connectivity index (χ4n) is 1.94. The molecule has 1 N–H and O–H groups in total. The van der Waals surface area contributed by atoms with Gasteiger partial charge in [-0.1, -0.05) is 57.0 Å². The van der Waals surface area contributed by atoms with E-state index in [0.717, 1.165) is 17.1 Å². The first-order valence-electron chi connectivity index (χ1n) is 6.15. The van der Waals surface area contributed by atoms with Gasteiger partial charge in [0, 0.05) is 16.1 Å². The molecule has 17 heavy (non-hydrogen) atoms. The van der Waals surface area contributed by atoms with Gasteiger partial charge in [-0.3, -0.25) is 0 Å². The third kappa shape index (κ3) is 3.87. The van der Waals surface area contributed by atoms with Crippen molar-refractivity contribution >= 4 is 23.2 Å². The predicted octanol–water partition coefficient (Wildman–Crippen LogP) is 4.94. The van der Waals surface area contributed by atoms with Gasteiger partial charge in [0.15, 0.2) is 0 Å². The van der Waals surface area contributed by atoms with Crippen LogP contribution in [0.1, 0.15) is 39.3 Å². The summed E-state index contributed by atoms with van der Waals surface area (Å²) in [6.07, 6.45) is 0. The third-order valence-corrected chi connectivity index (χ3v) is 3.86. The second-order valence-electron chi connectivity index (χ2n) is 4.80. The third-order valence-electron chi connectivity index (χ3n) is 3.30. The van der Waals surface area contributed by atoms with E-state index in [2.05, 4.69) is 33.0 Å². The Balaban J connectivity index is 3.04. The van der Waals surface area contributed by atoms with E-state index in [1.54, 1.807) is 0 Å². The molecule has 2 atom stereocenters. The molecule has 0 saturated heterocycles. The van der Waals surface area contributed by atoms with Gasteiger partial charge in [-0.05, 0) is 36.1 Å². The van der Waals surface area contributed by atoms with Crippen LogP contribution in [0.3, 0.4) is 0 Å². The van der Waals surface area contributed by atoms with Gasteiger partial charge in [0.2, 0.25) is 0 Å². The highest BCUT2D eigenvalue weighted by atomic mass is 35.5. The predicted molar refractivity (Wildman–Crippen MR) is 76.9 cm³/mol. The summed E-state index contributed by atoms with van der Waals surface area (Å²) in [4.78, 5) is 0. The molecule has 1 rings (SSSR count). The van der Waals surface area contributed by atoms with E-state index >= 15 is 0 Å². The van der Waals surface area contributed by atoms with Gasteiger partial charge >= 0.3 is 0 Å². The lowest BCUT2D eigenvalue weighted by Gasteiger charge is -2.29. The maximum atomic E-state index is 6.28. The van der Waals surface area contributed by atoms with Gasteiger partial charge in [-0.15, -0.1) is 0 Å². The number of rotatable bonds is 5. The molecule has 0 bridgehead atoms. The molecule has 96 valence electrons. The van der Waals surface area contributed by atoms with E-state index in [9.17, 15) is 0 Å². The zero-order chi connectivity index (χ0) is 13.0. The second-order valence-corrected chi connectivity index (χ2v) is 5.65. The van der Waals surface area contributed by atoms with E-state index in [4.69, 9.17) is 23.2 Å². The van der Waals surface area contributed by atoms with Gasteiger partial charge in [-0.25, -0.2) is 0 Å². The van der Waals surface area contributed by atoms with Crippen LogP contribution in [-0.2, 0) is 0 Å². The Labute approximate surface area is 115 Å². The summed E-state index contributed by atoms with van der Waals surface area (Å²) in [5, 5.41) is 4.95. The molecule has 0 radical (unpaired) electrons. The minimum Gasteiger partial charge on any atom is -0.310 e. The summed E-state index contributed by atoms with van der Waals surface area (Å²) < 4.78 is 0. The standard InChI is InChI=1S/C14H21Cl2N/c1-5-17-14(10(4)9(2)3)12-7-6-11(15)8-13(12)16/h6-10,14,17H,5H2,1-4H3. The Morgan fingerprint density at radius 2 is 1.82 bits per heavy atom. The highest BCUT2D eigenvalue weighted by Gasteiger charge is 2.23. The minimum absolute atomic E-state index is 0.282. The lowest BCUT2D eigenvalue weighted by atomic mass is 9.86. The SMILES string of the molecule is CCNC(c1ccc(Cl)cc1Cl)C(C)C(C)C. The van der Waals surface area contributed by atoms with Crippen molar-refractivity contribution in [2.24, 2.45) is 11.8 Å². The number of hydrogen-bond acceptors (Lipinski definition) is 1. The molecule has 0 spiro atoms. The van der Waals surface area contributed by atoms with Crippen LogP contribution in [0.5, 0.6) is 0 Å². The molecule has 1 aromatic rings. The smallest absolute Gasteiger partial charge is 0.0468 e. The zero-order valence-electron chi connectivity index (χ0n) is 10.9. The maximum absolute atomic E-state index is 6.28. The van der Waals surface area contributed by atoms with Crippen LogP contribution in [0.25, 0.3) is 0 Å². The van der Waals surface area contributed by atoms with Crippen LogP contribution in [0.15, 0.2) is 18.2 Å². The molecule has 2 unspecified atom stereocenters. The van der Waals surface area contributed by atoms with Crippen molar-refractivity contribution in [3.05, 3.63) is 33.8 Å². The number of benzene rings is 1. The molecule has 0 aliphatic carbocycles. The molecule has 1 aromatic carbocycles. The highest BCUT2D eigenvalue weighted by Crippen LogP contribution is 2.33. The lowest BCUT2D eigenvalue weighted by Crippen LogP contribution is -2.29. The van der Waals surface area contributed by atoms with Crippen molar-refractivity contribution < 1.29 is 0 Å². The Bertz CT molecular complexity index is 363. The summed E-state index contributed by atoms with van der Waals surface area (Å²) in [6, 6.07) is 6.03. The Kier molecular flexibility index (Phi) is 5.78. The van der Waals surface area contributed by atoms with Crippen LogP contribution in [-0.4, -0.2) is 6.54 Å². The van der Waals surface area contributed by atoms with E-state index < -0.39 is 0 Å². The lowest BCUT2D eigenvalue weighted by molar-refractivity contribution is 0.307. The second kappa shape index (κ2) is 6.63. The van der Waals surface area contributed by atoms with Crippen molar-refractivity contribution in [2.45, 2.75) is 33.7 Å². The fraction of sp³-hybridized carbons (Fsp3) is 0.571. The Hall–Kier alpha value is -0.240. The van der Waals surface area contributed by atoms with E-state index in [-0.39, 0.29) is 6.04 Å². The van der Waals surface area contributed by atoms with Crippen LogP contribution in [0.2, 0.25) is 10.0 Å². The molecule has 0 heterocycles. The van der Waals surface area contributed by atoms with Gasteiger partial charge in [0.25, 0.3) is 0 Å². The van der Waals surface area contributed by atoms with Crippen LogP contribution in [0, 0.1) is 11.8 Å². The van der Waals surface area contributed by atoms with Crippen LogP contribution >= 0.6 is 23.2 Å². The molecular formula is C14H21Cl2N. The molecular weight excluding hydrogens is 253 g/mol. The van der Waals surface area contributed by atoms with E-state index in [1.165, 1.54) is 0 Å². The van der Waals surface area contributed by atoms with Crippen LogP contribution in [0.4, 0.5) is 0 Å². The largest absolute Gasteiger partial charge is 0.310 e. The van der Waals surface area contributed by atoms with Crippen molar-refractivity contribution in [3.63, 3.8) is 0 Å².